The molecule has 0 aliphatic heterocycles. The van der Waals surface area contributed by atoms with E-state index in [4.69, 9.17) is 0 Å². The molecule has 5 nitrogen and oxygen atoms in total. The molecular formula is C18H29N3O2. The van der Waals surface area contributed by atoms with E-state index in [-0.39, 0.29) is 11.8 Å². The third-order valence-electron chi connectivity index (χ3n) is 3.52. The molecule has 2 amide bonds. The van der Waals surface area contributed by atoms with Crippen molar-refractivity contribution in [2.75, 3.05) is 32.0 Å². The first kappa shape index (κ1) is 19.2. The number of nitrogens with one attached hydrogen (secondary N) is 2. The highest BCUT2D eigenvalue weighted by atomic mass is 16.2. The van der Waals surface area contributed by atoms with Crippen LogP contribution < -0.4 is 10.6 Å². The van der Waals surface area contributed by atoms with Crippen LogP contribution in [0.1, 0.15) is 49.9 Å². The Morgan fingerprint density at radius 3 is 2.17 bits per heavy atom. The minimum Gasteiger partial charge on any atom is -0.339 e. The van der Waals surface area contributed by atoms with Gasteiger partial charge in [0, 0.05) is 30.8 Å². The van der Waals surface area contributed by atoms with E-state index in [0.29, 0.717) is 12.0 Å². The van der Waals surface area contributed by atoms with Crippen LogP contribution in [0.15, 0.2) is 24.3 Å². The van der Waals surface area contributed by atoms with Crippen molar-refractivity contribution in [3.63, 3.8) is 0 Å². The Morgan fingerprint density at radius 1 is 1.04 bits per heavy atom. The zero-order valence-corrected chi connectivity index (χ0v) is 14.5. The van der Waals surface area contributed by atoms with Gasteiger partial charge in [-0.25, -0.2) is 0 Å². The molecule has 1 rings (SSSR count). The first-order chi connectivity index (χ1) is 11.1. The lowest BCUT2D eigenvalue weighted by Gasteiger charge is -2.21. The van der Waals surface area contributed by atoms with Gasteiger partial charge in [-0.3, -0.25) is 9.59 Å². The third-order valence-corrected chi connectivity index (χ3v) is 3.52. The van der Waals surface area contributed by atoms with E-state index >= 15 is 0 Å². The molecule has 0 aliphatic carbocycles. The zero-order chi connectivity index (χ0) is 17.1. The highest BCUT2D eigenvalue weighted by molar-refractivity contribution is 5.95. The standard InChI is InChI=1S/C18H29N3O2/c1-4-13-21(14-5-2)18(23)15-8-10-16(11-9-15)20-17(22)7-6-12-19-3/h8-11,19H,4-7,12-14H2,1-3H3,(H,20,22). The highest BCUT2D eigenvalue weighted by Crippen LogP contribution is 2.13. The van der Waals surface area contributed by atoms with Gasteiger partial charge < -0.3 is 15.5 Å². The fourth-order valence-electron chi connectivity index (χ4n) is 2.38. The Hall–Kier alpha value is -1.88. The number of benzene rings is 1. The normalized spacial score (nSPS) is 10.4. The molecule has 0 aliphatic rings. The van der Waals surface area contributed by atoms with Crippen LogP contribution in [0.3, 0.4) is 0 Å². The second-order valence-electron chi connectivity index (χ2n) is 5.62. The van der Waals surface area contributed by atoms with Gasteiger partial charge in [0.25, 0.3) is 5.91 Å². The molecular weight excluding hydrogens is 290 g/mol. The average molecular weight is 319 g/mol. The number of carbonyl (C=O) groups is 2. The molecule has 128 valence electrons. The van der Waals surface area contributed by atoms with Crippen LogP contribution in [0.2, 0.25) is 0 Å². The summed E-state index contributed by atoms with van der Waals surface area (Å²) in [6.45, 7) is 6.52. The summed E-state index contributed by atoms with van der Waals surface area (Å²) >= 11 is 0. The average Bonchev–Trinajstić information content (AvgIpc) is 2.55. The van der Waals surface area contributed by atoms with E-state index in [2.05, 4.69) is 24.5 Å². The van der Waals surface area contributed by atoms with E-state index in [1.54, 1.807) is 24.3 Å². The summed E-state index contributed by atoms with van der Waals surface area (Å²) in [6, 6.07) is 7.15. The molecule has 0 fully saturated rings. The zero-order valence-electron chi connectivity index (χ0n) is 14.5. The van der Waals surface area contributed by atoms with Crippen LogP contribution in [0, 0.1) is 0 Å². The molecule has 0 spiro atoms. The van der Waals surface area contributed by atoms with Crippen molar-refractivity contribution >= 4 is 17.5 Å². The summed E-state index contributed by atoms with van der Waals surface area (Å²) in [6.07, 6.45) is 3.20. The van der Waals surface area contributed by atoms with E-state index in [9.17, 15) is 9.59 Å². The number of nitrogens with zero attached hydrogens (tertiary/aromatic N) is 1. The van der Waals surface area contributed by atoms with Crippen LogP contribution in [-0.4, -0.2) is 43.4 Å². The lowest BCUT2D eigenvalue weighted by molar-refractivity contribution is -0.116. The molecule has 0 aromatic heterocycles. The van der Waals surface area contributed by atoms with Crippen LogP contribution in [0.4, 0.5) is 5.69 Å². The molecule has 5 heteroatoms. The number of amides is 2. The van der Waals surface area contributed by atoms with Gasteiger partial charge in [-0.15, -0.1) is 0 Å². The van der Waals surface area contributed by atoms with Crippen molar-refractivity contribution in [1.82, 2.24) is 10.2 Å². The predicted octanol–water partition coefficient (Wildman–Crippen LogP) is 2.89. The largest absolute Gasteiger partial charge is 0.339 e. The van der Waals surface area contributed by atoms with Crippen LogP contribution in [-0.2, 0) is 4.79 Å². The molecule has 0 radical (unpaired) electrons. The lowest BCUT2D eigenvalue weighted by Crippen LogP contribution is -2.32. The number of rotatable bonds is 10. The third kappa shape index (κ3) is 6.82. The fourth-order valence-corrected chi connectivity index (χ4v) is 2.38. The minimum atomic E-state index is -0.00193. The molecule has 0 saturated heterocycles. The summed E-state index contributed by atoms with van der Waals surface area (Å²) in [5, 5.41) is 5.87. The Balaban J connectivity index is 2.61. The van der Waals surface area contributed by atoms with E-state index in [1.165, 1.54) is 0 Å². The fraction of sp³-hybridized carbons (Fsp3) is 0.556. The molecule has 23 heavy (non-hydrogen) atoms. The molecule has 1 aromatic carbocycles. The van der Waals surface area contributed by atoms with Crippen molar-refractivity contribution < 1.29 is 9.59 Å². The lowest BCUT2D eigenvalue weighted by atomic mass is 10.1. The summed E-state index contributed by atoms with van der Waals surface area (Å²) in [5.41, 5.74) is 1.40. The maximum absolute atomic E-state index is 12.5. The Bertz CT molecular complexity index is 480. The number of hydrogen-bond donors (Lipinski definition) is 2. The Labute approximate surface area is 139 Å². The van der Waals surface area contributed by atoms with Crippen LogP contribution in [0.5, 0.6) is 0 Å². The minimum absolute atomic E-state index is 0.00193. The van der Waals surface area contributed by atoms with Gasteiger partial charge in [0.15, 0.2) is 0 Å². The van der Waals surface area contributed by atoms with E-state index in [0.717, 1.165) is 44.6 Å². The van der Waals surface area contributed by atoms with Gasteiger partial charge in [0.2, 0.25) is 5.91 Å². The number of carbonyl (C=O) groups excluding carboxylic acids is 2. The molecule has 0 unspecified atom stereocenters. The summed E-state index contributed by atoms with van der Waals surface area (Å²) in [5.74, 6) is 0.0542. The van der Waals surface area contributed by atoms with Gasteiger partial charge in [0.1, 0.15) is 0 Å². The Morgan fingerprint density at radius 2 is 1.65 bits per heavy atom. The van der Waals surface area contributed by atoms with Gasteiger partial charge in [-0.1, -0.05) is 13.8 Å². The quantitative estimate of drug-likeness (QED) is 0.652. The molecule has 0 bridgehead atoms. The van der Waals surface area contributed by atoms with E-state index < -0.39 is 0 Å². The maximum atomic E-state index is 12.5. The smallest absolute Gasteiger partial charge is 0.253 e. The summed E-state index contributed by atoms with van der Waals surface area (Å²) in [7, 11) is 1.87. The van der Waals surface area contributed by atoms with Gasteiger partial charge >= 0.3 is 0 Å². The second kappa shape index (κ2) is 10.8. The first-order valence-electron chi connectivity index (χ1n) is 8.46. The molecule has 0 saturated carbocycles. The van der Waals surface area contributed by atoms with Crippen LogP contribution >= 0.6 is 0 Å². The predicted molar refractivity (Wildman–Crippen MR) is 94.7 cm³/mol. The highest BCUT2D eigenvalue weighted by Gasteiger charge is 2.14. The van der Waals surface area contributed by atoms with Crippen molar-refractivity contribution in [2.24, 2.45) is 0 Å². The summed E-state index contributed by atoms with van der Waals surface area (Å²) in [4.78, 5) is 26.1. The van der Waals surface area contributed by atoms with Gasteiger partial charge in [0.05, 0.1) is 0 Å². The number of anilines is 1. The topological polar surface area (TPSA) is 61.4 Å². The molecule has 0 atom stereocenters. The van der Waals surface area contributed by atoms with Crippen LogP contribution in [0.25, 0.3) is 0 Å². The molecule has 2 N–H and O–H groups in total. The number of hydrogen-bond acceptors (Lipinski definition) is 3. The van der Waals surface area contributed by atoms with E-state index in [1.807, 2.05) is 11.9 Å². The van der Waals surface area contributed by atoms with Crippen molar-refractivity contribution in [3.05, 3.63) is 29.8 Å². The maximum Gasteiger partial charge on any atom is 0.253 e. The van der Waals surface area contributed by atoms with Crippen molar-refractivity contribution in [1.29, 1.82) is 0 Å². The monoisotopic (exact) mass is 319 g/mol. The van der Waals surface area contributed by atoms with Gasteiger partial charge in [-0.05, 0) is 57.1 Å². The van der Waals surface area contributed by atoms with Gasteiger partial charge in [-0.2, -0.15) is 0 Å². The van der Waals surface area contributed by atoms with Crippen molar-refractivity contribution in [3.8, 4) is 0 Å². The summed E-state index contributed by atoms with van der Waals surface area (Å²) < 4.78 is 0. The van der Waals surface area contributed by atoms with Crippen molar-refractivity contribution in [2.45, 2.75) is 39.5 Å². The molecule has 0 heterocycles. The Kier molecular flexibility index (Phi) is 8.98. The second-order valence-corrected chi connectivity index (χ2v) is 5.62. The molecule has 1 aromatic rings. The SMILES string of the molecule is CCCN(CCC)C(=O)c1ccc(NC(=O)CCCNC)cc1. The first-order valence-corrected chi connectivity index (χ1v) is 8.46.